The van der Waals surface area contributed by atoms with Crippen molar-refractivity contribution in [1.29, 1.82) is 0 Å². The van der Waals surface area contributed by atoms with E-state index in [4.69, 9.17) is 4.84 Å². The Hall–Kier alpha value is -0.650. The number of fused-ring (bicyclic) bond motifs is 1. The second kappa shape index (κ2) is 8.84. The van der Waals surface area contributed by atoms with E-state index in [0.717, 1.165) is 24.8 Å². The fourth-order valence-corrected chi connectivity index (χ4v) is 6.68. The lowest BCUT2D eigenvalue weighted by Crippen LogP contribution is -2.60. The zero-order valence-electron chi connectivity index (χ0n) is 18.2. The van der Waals surface area contributed by atoms with Crippen LogP contribution in [0.2, 0.25) is 0 Å². The highest BCUT2D eigenvalue weighted by Gasteiger charge is 2.44. The summed E-state index contributed by atoms with van der Waals surface area (Å²) in [4.78, 5) is 19.2. The van der Waals surface area contributed by atoms with Crippen LogP contribution in [0.4, 0.5) is 0 Å². The SMILES string of the molecule is CC1CCCNC1C(NC(=O)C1CC2CCCC(CC3CCC3)C2NO1)C1CC1. The lowest BCUT2D eigenvalue weighted by atomic mass is 9.68. The summed E-state index contributed by atoms with van der Waals surface area (Å²) in [5.41, 5.74) is 3.39. The van der Waals surface area contributed by atoms with Crippen LogP contribution in [0.1, 0.15) is 84.0 Å². The van der Waals surface area contributed by atoms with Gasteiger partial charge in [0.05, 0.1) is 0 Å². The Labute approximate surface area is 176 Å². The predicted octanol–water partition coefficient (Wildman–Crippen LogP) is 3.54. The van der Waals surface area contributed by atoms with Crippen LogP contribution in [0.5, 0.6) is 0 Å². The van der Waals surface area contributed by atoms with Gasteiger partial charge in [-0.2, -0.15) is 5.48 Å². The Balaban J connectivity index is 1.17. The largest absolute Gasteiger partial charge is 0.349 e. The summed E-state index contributed by atoms with van der Waals surface area (Å²) in [6, 6.07) is 1.16. The van der Waals surface area contributed by atoms with Gasteiger partial charge in [-0.05, 0) is 87.5 Å². The van der Waals surface area contributed by atoms with Crippen LogP contribution in [0.25, 0.3) is 0 Å². The molecule has 3 aliphatic carbocycles. The summed E-state index contributed by atoms with van der Waals surface area (Å²) < 4.78 is 0. The number of amides is 1. The van der Waals surface area contributed by atoms with Crippen LogP contribution in [0.3, 0.4) is 0 Å². The molecule has 29 heavy (non-hydrogen) atoms. The number of hydrogen-bond donors (Lipinski definition) is 3. The molecule has 2 aliphatic heterocycles. The van der Waals surface area contributed by atoms with Crippen molar-refractivity contribution in [1.82, 2.24) is 16.1 Å². The maximum atomic E-state index is 13.2. The Morgan fingerprint density at radius 3 is 2.62 bits per heavy atom. The van der Waals surface area contributed by atoms with Gasteiger partial charge < -0.3 is 10.6 Å². The van der Waals surface area contributed by atoms with E-state index in [0.29, 0.717) is 29.8 Å². The van der Waals surface area contributed by atoms with E-state index in [1.54, 1.807) is 0 Å². The minimum Gasteiger partial charge on any atom is -0.349 e. The average Bonchev–Trinajstić information content (AvgIpc) is 3.54. The summed E-state index contributed by atoms with van der Waals surface area (Å²) >= 11 is 0. The number of rotatable bonds is 6. The molecule has 0 radical (unpaired) electrons. The van der Waals surface area contributed by atoms with Gasteiger partial charge in [0.1, 0.15) is 0 Å². The van der Waals surface area contributed by atoms with Crippen molar-refractivity contribution >= 4 is 5.91 Å². The summed E-state index contributed by atoms with van der Waals surface area (Å²) in [5.74, 6) is 3.70. The Bertz CT molecular complexity index is 576. The zero-order chi connectivity index (χ0) is 19.8. The van der Waals surface area contributed by atoms with E-state index in [1.807, 2.05) is 0 Å². The van der Waals surface area contributed by atoms with E-state index in [2.05, 4.69) is 23.0 Å². The lowest BCUT2D eigenvalue weighted by Gasteiger charge is -2.45. The minimum absolute atomic E-state index is 0.119. The number of piperidine rings is 1. The highest BCUT2D eigenvalue weighted by atomic mass is 16.7. The summed E-state index contributed by atoms with van der Waals surface area (Å²) in [6.07, 6.45) is 15.2. The molecule has 7 atom stereocenters. The molecule has 7 unspecified atom stereocenters. The van der Waals surface area contributed by atoms with Gasteiger partial charge in [-0.3, -0.25) is 9.63 Å². The van der Waals surface area contributed by atoms with Gasteiger partial charge >= 0.3 is 0 Å². The Kier molecular flexibility index (Phi) is 6.18. The van der Waals surface area contributed by atoms with Crippen molar-refractivity contribution < 1.29 is 9.63 Å². The molecule has 3 saturated carbocycles. The van der Waals surface area contributed by atoms with Gasteiger partial charge in [0.25, 0.3) is 5.91 Å². The van der Waals surface area contributed by atoms with Crippen LogP contribution >= 0.6 is 0 Å². The van der Waals surface area contributed by atoms with Gasteiger partial charge in [-0.1, -0.05) is 32.6 Å². The van der Waals surface area contributed by atoms with Crippen LogP contribution in [0, 0.1) is 29.6 Å². The predicted molar refractivity (Wildman–Crippen MR) is 114 cm³/mol. The molecular formula is C24H41N3O2. The number of carbonyl (C=O) groups is 1. The van der Waals surface area contributed by atoms with Gasteiger partial charge in [-0.25, -0.2) is 0 Å². The number of nitrogens with one attached hydrogen (secondary N) is 3. The smallest absolute Gasteiger partial charge is 0.251 e. The van der Waals surface area contributed by atoms with Crippen LogP contribution in [-0.2, 0) is 9.63 Å². The molecule has 3 N–H and O–H groups in total. The monoisotopic (exact) mass is 403 g/mol. The molecule has 1 amide bonds. The zero-order valence-corrected chi connectivity index (χ0v) is 18.2. The quantitative estimate of drug-likeness (QED) is 0.635. The minimum atomic E-state index is -0.321. The molecule has 164 valence electrons. The van der Waals surface area contributed by atoms with Gasteiger partial charge in [0, 0.05) is 18.1 Å². The maximum absolute atomic E-state index is 13.2. The topological polar surface area (TPSA) is 62.4 Å². The molecule has 5 fully saturated rings. The number of hydrogen-bond acceptors (Lipinski definition) is 4. The first-order valence-electron chi connectivity index (χ1n) is 12.6. The van der Waals surface area contributed by atoms with E-state index in [1.165, 1.54) is 70.6 Å². The Morgan fingerprint density at radius 2 is 1.90 bits per heavy atom. The molecule has 5 rings (SSSR count). The first-order valence-corrected chi connectivity index (χ1v) is 12.6. The molecule has 0 aromatic rings. The van der Waals surface area contributed by atoms with E-state index < -0.39 is 0 Å². The van der Waals surface area contributed by atoms with E-state index in [9.17, 15) is 4.79 Å². The van der Waals surface area contributed by atoms with Crippen molar-refractivity contribution in [3.8, 4) is 0 Å². The van der Waals surface area contributed by atoms with E-state index >= 15 is 0 Å². The molecule has 5 nitrogen and oxygen atoms in total. The maximum Gasteiger partial charge on any atom is 0.251 e. The molecule has 0 aromatic carbocycles. The van der Waals surface area contributed by atoms with Crippen molar-refractivity contribution in [3.63, 3.8) is 0 Å². The van der Waals surface area contributed by atoms with Gasteiger partial charge in [0.15, 0.2) is 6.10 Å². The first kappa shape index (κ1) is 20.3. The second-order valence-corrected chi connectivity index (χ2v) is 10.9. The van der Waals surface area contributed by atoms with Crippen LogP contribution in [0.15, 0.2) is 0 Å². The Morgan fingerprint density at radius 1 is 1.07 bits per heavy atom. The molecule has 0 bridgehead atoms. The lowest BCUT2D eigenvalue weighted by molar-refractivity contribution is -0.160. The normalized spacial score (nSPS) is 41.8. The van der Waals surface area contributed by atoms with E-state index in [-0.39, 0.29) is 18.1 Å². The number of carbonyl (C=O) groups excluding carboxylic acids is 1. The summed E-state index contributed by atoms with van der Waals surface area (Å²) in [7, 11) is 0. The third kappa shape index (κ3) is 4.52. The van der Waals surface area contributed by atoms with Crippen LogP contribution < -0.4 is 16.1 Å². The molecule has 0 spiro atoms. The summed E-state index contributed by atoms with van der Waals surface area (Å²) in [5, 5.41) is 7.15. The number of hydroxylamine groups is 1. The molecule has 5 aliphatic rings. The average molecular weight is 404 g/mol. The molecule has 2 heterocycles. The second-order valence-electron chi connectivity index (χ2n) is 10.9. The van der Waals surface area contributed by atoms with Crippen LogP contribution in [-0.4, -0.2) is 36.7 Å². The van der Waals surface area contributed by atoms with Crippen molar-refractivity contribution in [2.24, 2.45) is 29.6 Å². The molecule has 0 aromatic heterocycles. The fraction of sp³-hybridized carbons (Fsp3) is 0.958. The first-order chi connectivity index (χ1) is 14.2. The molecule has 5 heteroatoms. The standard InChI is InChI=1S/C24H41N3O2/c1-15-5-4-12-25-21(15)23(17-10-11-17)26-24(28)20-14-19-9-3-8-18(22(19)27-29-20)13-16-6-2-7-16/h15-23,25,27H,2-14H2,1H3,(H,26,28). The third-order valence-electron chi connectivity index (χ3n) is 8.84. The summed E-state index contributed by atoms with van der Waals surface area (Å²) in [6.45, 7) is 3.42. The van der Waals surface area contributed by atoms with Crippen molar-refractivity contribution in [3.05, 3.63) is 0 Å². The highest BCUT2D eigenvalue weighted by Crippen LogP contribution is 2.42. The molecular weight excluding hydrogens is 362 g/mol. The third-order valence-corrected chi connectivity index (χ3v) is 8.84. The van der Waals surface area contributed by atoms with Crippen molar-refractivity contribution in [2.75, 3.05) is 6.54 Å². The van der Waals surface area contributed by atoms with Crippen molar-refractivity contribution in [2.45, 2.75) is 108 Å². The molecule has 2 saturated heterocycles. The fourth-order valence-electron chi connectivity index (χ4n) is 6.68. The van der Waals surface area contributed by atoms with Gasteiger partial charge in [0.2, 0.25) is 0 Å². The highest BCUT2D eigenvalue weighted by molar-refractivity contribution is 5.81. The van der Waals surface area contributed by atoms with Gasteiger partial charge in [-0.15, -0.1) is 0 Å².